The van der Waals surface area contributed by atoms with Crippen molar-refractivity contribution in [1.82, 2.24) is 15.5 Å². The fraction of sp³-hybridized carbons (Fsp3) is 0.474. The van der Waals surface area contributed by atoms with Crippen LogP contribution in [0, 0.1) is 6.92 Å². The Morgan fingerprint density at radius 1 is 1.31 bits per heavy atom. The molecule has 0 radical (unpaired) electrons. The van der Waals surface area contributed by atoms with Gasteiger partial charge in [-0.05, 0) is 31.9 Å². The average Bonchev–Trinajstić information content (AvgIpc) is 2.56. The van der Waals surface area contributed by atoms with E-state index in [-0.39, 0.29) is 36.4 Å². The molecule has 1 rings (SSSR count). The molecule has 0 heterocycles. The molecule has 1 aromatic rings. The maximum absolute atomic E-state index is 11.7. The van der Waals surface area contributed by atoms with Crippen LogP contribution >= 0.6 is 24.0 Å². The van der Waals surface area contributed by atoms with Gasteiger partial charge in [-0.1, -0.05) is 29.8 Å². The minimum absolute atomic E-state index is 0. The molecule has 0 aliphatic rings. The van der Waals surface area contributed by atoms with E-state index < -0.39 is 0 Å². The van der Waals surface area contributed by atoms with Gasteiger partial charge in [0.15, 0.2) is 5.96 Å². The number of guanidine groups is 1. The molecule has 0 atom stereocenters. The fourth-order valence-corrected chi connectivity index (χ4v) is 2.12. The van der Waals surface area contributed by atoms with Crippen molar-refractivity contribution in [2.75, 3.05) is 40.8 Å². The quantitative estimate of drug-likeness (QED) is 0.263. The van der Waals surface area contributed by atoms with Gasteiger partial charge in [-0.3, -0.25) is 4.79 Å². The van der Waals surface area contributed by atoms with Crippen molar-refractivity contribution in [1.29, 1.82) is 0 Å². The number of hydrogen-bond acceptors (Lipinski definition) is 3. The number of ether oxygens (including phenoxy) is 1. The number of aryl methyl sites for hydroxylation is 1. The van der Waals surface area contributed by atoms with E-state index in [1.807, 2.05) is 19.1 Å². The zero-order chi connectivity index (χ0) is 18.8. The Kier molecular flexibility index (Phi) is 11.7. The number of carbonyl (C=O) groups is 1. The molecule has 0 fully saturated rings. The number of likely N-dealkylation sites (N-methyl/N-ethyl adjacent to an activating group) is 1. The normalized spacial score (nSPS) is 10.6. The molecule has 26 heavy (non-hydrogen) atoms. The van der Waals surface area contributed by atoms with E-state index in [9.17, 15) is 4.79 Å². The molecule has 6 nitrogen and oxygen atoms in total. The molecule has 0 bridgehead atoms. The summed E-state index contributed by atoms with van der Waals surface area (Å²) in [4.78, 5) is 17.6. The van der Waals surface area contributed by atoms with Crippen LogP contribution < -0.4 is 15.4 Å². The number of benzene rings is 1. The van der Waals surface area contributed by atoms with Gasteiger partial charge in [0, 0.05) is 27.2 Å². The lowest BCUT2D eigenvalue weighted by Crippen LogP contribution is -2.40. The van der Waals surface area contributed by atoms with E-state index in [0.717, 1.165) is 23.3 Å². The first-order valence-electron chi connectivity index (χ1n) is 8.33. The van der Waals surface area contributed by atoms with E-state index in [2.05, 4.69) is 35.2 Å². The van der Waals surface area contributed by atoms with Crippen molar-refractivity contribution in [2.45, 2.75) is 20.3 Å². The van der Waals surface area contributed by atoms with Crippen molar-refractivity contribution < 1.29 is 9.53 Å². The first kappa shape index (κ1) is 24.2. The van der Waals surface area contributed by atoms with Gasteiger partial charge in [0.25, 0.3) is 0 Å². The summed E-state index contributed by atoms with van der Waals surface area (Å²) in [5.74, 6) is 1.44. The summed E-state index contributed by atoms with van der Waals surface area (Å²) < 4.78 is 5.41. The smallest absolute Gasteiger partial charge is 0.243 e. The summed E-state index contributed by atoms with van der Waals surface area (Å²) in [6.07, 6.45) is 0.792. The number of aliphatic imine (C=N–C) groups is 1. The Labute approximate surface area is 174 Å². The molecule has 1 amide bonds. The van der Waals surface area contributed by atoms with Crippen LogP contribution in [-0.4, -0.2) is 57.6 Å². The standard InChI is InChI=1S/C19H30N4O2.HI/c1-14(2)12-21-19(22-13-18(24)23(4)5)20-10-9-16-11-15(3)7-8-17(16)25-6;/h7-8,11H,1,9-10,12-13H2,2-6H3,(H2,20,21,22);1H. The first-order chi connectivity index (χ1) is 11.8. The van der Waals surface area contributed by atoms with Crippen LogP contribution in [0.5, 0.6) is 5.75 Å². The van der Waals surface area contributed by atoms with Gasteiger partial charge in [0.05, 0.1) is 7.11 Å². The van der Waals surface area contributed by atoms with Crippen LogP contribution in [0.2, 0.25) is 0 Å². The second-order valence-electron chi connectivity index (χ2n) is 6.26. The number of halogens is 1. The highest BCUT2D eigenvalue weighted by Crippen LogP contribution is 2.19. The number of methoxy groups -OCH3 is 1. The molecule has 0 saturated carbocycles. The van der Waals surface area contributed by atoms with E-state index in [1.165, 1.54) is 10.5 Å². The van der Waals surface area contributed by atoms with Crippen LogP contribution in [-0.2, 0) is 11.2 Å². The zero-order valence-electron chi connectivity index (χ0n) is 16.4. The summed E-state index contributed by atoms with van der Waals surface area (Å²) in [7, 11) is 5.11. The van der Waals surface area contributed by atoms with Crippen molar-refractivity contribution in [3.63, 3.8) is 0 Å². The van der Waals surface area contributed by atoms with E-state index >= 15 is 0 Å². The number of nitrogens with zero attached hydrogens (tertiary/aromatic N) is 2. The number of rotatable bonds is 8. The molecule has 2 N–H and O–H groups in total. The molecule has 0 aliphatic heterocycles. The number of amides is 1. The Morgan fingerprint density at radius 3 is 2.58 bits per heavy atom. The third-order valence-electron chi connectivity index (χ3n) is 3.55. The minimum atomic E-state index is -0.0446. The monoisotopic (exact) mass is 474 g/mol. The van der Waals surface area contributed by atoms with Crippen LogP contribution in [0.15, 0.2) is 35.3 Å². The lowest BCUT2D eigenvalue weighted by atomic mass is 10.1. The zero-order valence-corrected chi connectivity index (χ0v) is 18.7. The van der Waals surface area contributed by atoms with Gasteiger partial charge in [0.1, 0.15) is 12.3 Å². The predicted molar refractivity (Wildman–Crippen MR) is 119 cm³/mol. The molecule has 0 unspecified atom stereocenters. The van der Waals surface area contributed by atoms with Crippen LogP contribution in [0.25, 0.3) is 0 Å². The Balaban J connectivity index is 0.00000625. The molecule has 0 aromatic heterocycles. The average molecular weight is 474 g/mol. The van der Waals surface area contributed by atoms with Crippen LogP contribution in [0.4, 0.5) is 0 Å². The topological polar surface area (TPSA) is 66.0 Å². The molecule has 7 heteroatoms. The van der Waals surface area contributed by atoms with Crippen molar-refractivity contribution in [3.05, 3.63) is 41.5 Å². The Hall–Kier alpha value is -1.77. The maximum Gasteiger partial charge on any atom is 0.243 e. The highest BCUT2D eigenvalue weighted by molar-refractivity contribution is 14.0. The second-order valence-corrected chi connectivity index (χ2v) is 6.26. The molecule has 1 aromatic carbocycles. The van der Waals surface area contributed by atoms with E-state index in [4.69, 9.17) is 4.74 Å². The van der Waals surface area contributed by atoms with Gasteiger partial charge in [0.2, 0.25) is 5.91 Å². The SMILES string of the molecule is C=C(C)CNC(=NCC(=O)N(C)C)NCCc1cc(C)ccc1OC.I. The third kappa shape index (κ3) is 9.07. The third-order valence-corrected chi connectivity index (χ3v) is 3.55. The summed E-state index contributed by atoms with van der Waals surface area (Å²) in [6, 6.07) is 6.13. The van der Waals surface area contributed by atoms with Crippen LogP contribution in [0.1, 0.15) is 18.1 Å². The molecular weight excluding hydrogens is 443 g/mol. The number of hydrogen-bond donors (Lipinski definition) is 2. The number of carbonyl (C=O) groups excluding carboxylic acids is 1. The van der Waals surface area contributed by atoms with Gasteiger partial charge in [-0.15, -0.1) is 24.0 Å². The summed E-state index contributed by atoms with van der Waals surface area (Å²) >= 11 is 0. The van der Waals surface area contributed by atoms with Gasteiger partial charge < -0.3 is 20.3 Å². The van der Waals surface area contributed by atoms with Crippen molar-refractivity contribution in [2.24, 2.45) is 4.99 Å². The van der Waals surface area contributed by atoms with Crippen molar-refractivity contribution >= 4 is 35.8 Å². The van der Waals surface area contributed by atoms with Crippen molar-refractivity contribution in [3.8, 4) is 5.75 Å². The highest BCUT2D eigenvalue weighted by Gasteiger charge is 2.06. The molecule has 0 spiro atoms. The Bertz CT molecular complexity index is 630. The first-order valence-corrected chi connectivity index (χ1v) is 8.33. The Morgan fingerprint density at radius 2 is 2.00 bits per heavy atom. The summed E-state index contributed by atoms with van der Waals surface area (Å²) in [6.45, 7) is 9.26. The summed E-state index contributed by atoms with van der Waals surface area (Å²) in [5.41, 5.74) is 3.33. The lowest BCUT2D eigenvalue weighted by Gasteiger charge is -2.15. The largest absolute Gasteiger partial charge is 0.496 e. The van der Waals surface area contributed by atoms with Gasteiger partial charge in [-0.25, -0.2) is 4.99 Å². The number of nitrogens with one attached hydrogen (secondary N) is 2. The summed E-state index contributed by atoms with van der Waals surface area (Å²) in [5, 5.41) is 6.44. The molecular formula is C19H31IN4O2. The van der Waals surface area contributed by atoms with E-state index in [0.29, 0.717) is 19.0 Å². The minimum Gasteiger partial charge on any atom is -0.496 e. The van der Waals surface area contributed by atoms with Gasteiger partial charge in [-0.2, -0.15) is 0 Å². The molecule has 146 valence electrons. The molecule has 0 aliphatic carbocycles. The second kappa shape index (κ2) is 12.6. The predicted octanol–water partition coefficient (Wildman–Crippen LogP) is 2.36. The fourth-order valence-electron chi connectivity index (χ4n) is 2.12. The van der Waals surface area contributed by atoms with E-state index in [1.54, 1.807) is 21.2 Å². The van der Waals surface area contributed by atoms with Crippen LogP contribution in [0.3, 0.4) is 0 Å². The lowest BCUT2D eigenvalue weighted by molar-refractivity contribution is -0.127. The van der Waals surface area contributed by atoms with Gasteiger partial charge >= 0.3 is 0 Å². The maximum atomic E-state index is 11.7. The highest BCUT2D eigenvalue weighted by atomic mass is 127. The molecule has 0 saturated heterocycles.